The molecule has 0 spiro atoms. The lowest BCUT2D eigenvalue weighted by atomic mass is 10.2. The predicted octanol–water partition coefficient (Wildman–Crippen LogP) is 2.37. The fourth-order valence-electron chi connectivity index (χ4n) is 1.47. The second-order valence-corrected chi connectivity index (χ2v) is 3.41. The minimum absolute atomic E-state index is 0.133. The Morgan fingerprint density at radius 3 is 2.33 bits per heavy atom. The van der Waals surface area contributed by atoms with Crippen molar-refractivity contribution in [3.05, 3.63) is 17.7 Å². The molecule has 0 aliphatic rings. The molecule has 5 heteroatoms. The van der Waals surface area contributed by atoms with Crippen LogP contribution in [0.25, 0.3) is 0 Å². The highest BCUT2D eigenvalue weighted by atomic mass is 16.5. The number of hydrogen-bond donors (Lipinski definition) is 1. The largest absolute Gasteiger partial charge is 0.504 e. The summed E-state index contributed by atoms with van der Waals surface area (Å²) in [5, 5.41) is 9.83. The Kier molecular flexibility index (Phi) is 5.30. The Morgan fingerprint density at radius 1 is 1.11 bits per heavy atom. The lowest BCUT2D eigenvalue weighted by Gasteiger charge is -2.13. The Hall–Kier alpha value is -1.91. The van der Waals surface area contributed by atoms with Gasteiger partial charge in [0.05, 0.1) is 25.4 Å². The molecule has 0 heterocycles. The normalized spacial score (nSPS) is 9.94. The average molecular weight is 254 g/mol. The van der Waals surface area contributed by atoms with Crippen LogP contribution in [0.15, 0.2) is 12.1 Å². The summed E-state index contributed by atoms with van der Waals surface area (Å²) >= 11 is 0. The van der Waals surface area contributed by atoms with Crippen molar-refractivity contribution in [3.8, 4) is 17.2 Å². The summed E-state index contributed by atoms with van der Waals surface area (Å²) < 4.78 is 15.5. The molecule has 5 nitrogen and oxygen atoms in total. The molecule has 1 aromatic carbocycles. The number of phenolic OH excluding ortho intramolecular Hbond substituents is 1. The molecule has 0 saturated carbocycles. The Balaban J connectivity index is 3.13. The average Bonchev–Trinajstić information content (AvgIpc) is 2.33. The molecule has 0 radical (unpaired) electrons. The van der Waals surface area contributed by atoms with Crippen molar-refractivity contribution in [2.45, 2.75) is 20.8 Å². The summed E-state index contributed by atoms with van der Waals surface area (Å²) in [5.74, 6) is -0.0579. The van der Waals surface area contributed by atoms with Gasteiger partial charge in [0.1, 0.15) is 0 Å². The topological polar surface area (TPSA) is 65.0 Å². The van der Waals surface area contributed by atoms with Crippen LogP contribution in [0.5, 0.6) is 17.2 Å². The molecule has 0 fully saturated rings. The van der Waals surface area contributed by atoms with Crippen LogP contribution in [0.2, 0.25) is 0 Å². The van der Waals surface area contributed by atoms with E-state index in [1.165, 1.54) is 12.1 Å². The lowest BCUT2D eigenvalue weighted by Crippen LogP contribution is -2.06. The highest BCUT2D eigenvalue weighted by Gasteiger charge is 2.17. The monoisotopic (exact) mass is 254 g/mol. The zero-order valence-corrected chi connectivity index (χ0v) is 10.9. The molecule has 1 N–H and O–H groups in total. The van der Waals surface area contributed by atoms with Gasteiger partial charge in [-0.15, -0.1) is 0 Å². The summed E-state index contributed by atoms with van der Waals surface area (Å²) in [7, 11) is 0. The van der Waals surface area contributed by atoms with Gasteiger partial charge in [-0.25, -0.2) is 4.79 Å². The Bertz CT molecular complexity index is 414. The third-order valence-corrected chi connectivity index (χ3v) is 2.13. The molecule has 0 saturated heterocycles. The summed E-state index contributed by atoms with van der Waals surface area (Å²) in [5.41, 5.74) is 0.237. The van der Waals surface area contributed by atoms with Gasteiger partial charge < -0.3 is 19.3 Å². The summed E-state index contributed by atoms with van der Waals surface area (Å²) in [6, 6.07) is 2.82. The molecule has 0 amide bonds. The van der Waals surface area contributed by atoms with Crippen molar-refractivity contribution >= 4 is 5.97 Å². The molecule has 0 unspecified atom stereocenters. The van der Waals surface area contributed by atoms with Gasteiger partial charge in [-0.3, -0.25) is 0 Å². The van der Waals surface area contributed by atoms with Crippen LogP contribution in [0, 0.1) is 0 Å². The number of hydrogen-bond acceptors (Lipinski definition) is 5. The maximum atomic E-state index is 11.6. The van der Waals surface area contributed by atoms with Crippen LogP contribution < -0.4 is 9.47 Å². The fraction of sp³-hybridized carbons (Fsp3) is 0.462. The van der Waals surface area contributed by atoms with Gasteiger partial charge in [-0.2, -0.15) is 0 Å². The molecule has 0 atom stereocenters. The maximum absolute atomic E-state index is 11.6. The Labute approximate surface area is 106 Å². The van der Waals surface area contributed by atoms with Crippen molar-refractivity contribution in [2.75, 3.05) is 19.8 Å². The third kappa shape index (κ3) is 3.29. The SMILES string of the molecule is CCOC(=O)c1cc(O)c(OCC)c(OCC)c1. The van der Waals surface area contributed by atoms with Crippen LogP contribution in [0.1, 0.15) is 31.1 Å². The van der Waals surface area contributed by atoms with E-state index in [-0.39, 0.29) is 23.7 Å². The first-order chi connectivity index (χ1) is 8.63. The number of benzene rings is 1. The number of esters is 1. The Morgan fingerprint density at radius 2 is 1.78 bits per heavy atom. The standard InChI is InChI=1S/C13H18O5/c1-4-16-11-8-9(13(15)18-6-3)7-10(14)12(11)17-5-2/h7-8,14H,4-6H2,1-3H3. The lowest BCUT2D eigenvalue weighted by molar-refractivity contribution is 0.0525. The number of aromatic hydroxyl groups is 1. The van der Waals surface area contributed by atoms with Gasteiger partial charge in [0.15, 0.2) is 11.5 Å². The molecule has 100 valence electrons. The first kappa shape index (κ1) is 14.2. The van der Waals surface area contributed by atoms with E-state index in [4.69, 9.17) is 14.2 Å². The molecular formula is C13H18O5. The van der Waals surface area contributed by atoms with Crippen molar-refractivity contribution in [2.24, 2.45) is 0 Å². The fourth-order valence-corrected chi connectivity index (χ4v) is 1.47. The van der Waals surface area contributed by atoms with Crippen LogP contribution in [-0.4, -0.2) is 30.9 Å². The maximum Gasteiger partial charge on any atom is 0.338 e. The first-order valence-corrected chi connectivity index (χ1v) is 5.93. The van der Waals surface area contributed by atoms with E-state index in [9.17, 15) is 9.90 Å². The predicted molar refractivity (Wildman–Crippen MR) is 66.4 cm³/mol. The minimum atomic E-state index is -0.503. The summed E-state index contributed by atoms with van der Waals surface area (Å²) in [6.45, 7) is 6.41. The molecule has 1 aromatic rings. The van der Waals surface area contributed by atoms with Crippen molar-refractivity contribution < 1.29 is 24.1 Å². The zero-order valence-electron chi connectivity index (χ0n) is 10.9. The number of rotatable bonds is 6. The molecule has 0 bridgehead atoms. The molecule has 0 aliphatic carbocycles. The minimum Gasteiger partial charge on any atom is -0.504 e. The highest BCUT2D eigenvalue weighted by molar-refractivity contribution is 5.91. The van der Waals surface area contributed by atoms with E-state index in [0.717, 1.165) is 0 Å². The molecular weight excluding hydrogens is 236 g/mol. The number of phenols is 1. The first-order valence-electron chi connectivity index (χ1n) is 5.93. The molecule has 0 aliphatic heterocycles. The van der Waals surface area contributed by atoms with Gasteiger partial charge in [-0.1, -0.05) is 0 Å². The van der Waals surface area contributed by atoms with Crippen LogP contribution in [0.3, 0.4) is 0 Å². The molecule has 18 heavy (non-hydrogen) atoms. The molecule has 0 aromatic heterocycles. The third-order valence-electron chi connectivity index (χ3n) is 2.13. The van der Waals surface area contributed by atoms with Gasteiger partial charge in [-0.05, 0) is 32.9 Å². The summed E-state index contributed by atoms with van der Waals surface area (Å²) in [6.07, 6.45) is 0. The second kappa shape index (κ2) is 6.74. The van der Waals surface area contributed by atoms with Gasteiger partial charge >= 0.3 is 5.97 Å². The van der Waals surface area contributed by atoms with Gasteiger partial charge in [0.2, 0.25) is 5.75 Å². The van der Waals surface area contributed by atoms with E-state index in [1.54, 1.807) is 13.8 Å². The van der Waals surface area contributed by atoms with E-state index in [0.29, 0.717) is 19.0 Å². The number of ether oxygens (including phenoxy) is 3. The quantitative estimate of drug-likeness (QED) is 0.789. The van der Waals surface area contributed by atoms with E-state index in [2.05, 4.69) is 0 Å². The van der Waals surface area contributed by atoms with Crippen molar-refractivity contribution in [1.29, 1.82) is 0 Å². The summed E-state index contributed by atoms with van der Waals surface area (Å²) in [4.78, 5) is 11.6. The van der Waals surface area contributed by atoms with Crippen molar-refractivity contribution in [3.63, 3.8) is 0 Å². The number of carbonyl (C=O) groups is 1. The van der Waals surface area contributed by atoms with Gasteiger partial charge in [0, 0.05) is 0 Å². The van der Waals surface area contributed by atoms with E-state index >= 15 is 0 Å². The highest BCUT2D eigenvalue weighted by Crippen LogP contribution is 2.38. The van der Waals surface area contributed by atoms with E-state index in [1.807, 2.05) is 6.92 Å². The van der Waals surface area contributed by atoms with Gasteiger partial charge in [0.25, 0.3) is 0 Å². The second-order valence-electron chi connectivity index (χ2n) is 3.41. The smallest absolute Gasteiger partial charge is 0.338 e. The van der Waals surface area contributed by atoms with Crippen LogP contribution in [0.4, 0.5) is 0 Å². The zero-order chi connectivity index (χ0) is 13.5. The van der Waals surface area contributed by atoms with Crippen LogP contribution >= 0.6 is 0 Å². The van der Waals surface area contributed by atoms with Crippen LogP contribution in [-0.2, 0) is 4.74 Å². The molecule has 1 rings (SSSR count). The van der Waals surface area contributed by atoms with E-state index < -0.39 is 5.97 Å². The number of carbonyl (C=O) groups excluding carboxylic acids is 1. The van der Waals surface area contributed by atoms with Crippen molar-refractivity contribution in [1.82, 2.24) is 0 Å².